The highest BCUT2D eigenvalue weighted by molar-refractivity contribution is 6.31. The Bertz CT molecular complexity index is 860. The van der Waals surface area contributed by atoms with Gasteiger partial charge in [0.25, 0.3) is 0 Å². The van der Waals surface area contributed by atoms with Crippen LogP contribution in [0.25, 0.3) is 12.2 Å². The SMILES string of the molecule is COc1ccc(/C=C/c2c(Cl)nc(N)nc2N[C@H]2CC[C@@H](CO)C2)cc1OC. The van der Waals surface area contributed by atoms with Crippen molar-refractivity contribution in [2.24, 2.45) is 5.92 Å². The van der Waals surface area contributed by atoms with Gasteiger partial charge < -0.3 is 25.6 Å². The largest absolute Gasteiger partial charge is 0.493 e. The van der Waals surface area contributed by atoms with Gasteiger partial charge >= 0.3 is 0 Å². The number of nitrogens with one attached hydrogen (secondary N) is 1. The molecule has 1 heterocycles. The quantitative estimate of drug-likeness (QED) is 0.607. The fraction of sp³-hybridized carbons (Fsp3) is 0.400. The zero-order valence-electron chi connectivity index (χ0n) is 16.0. The molecule has 0 aliphatic heterocycles. The number of aromatic nitrogens is 2. The van der Waals surface area contributed by atoms with Crippen LogP contribution in [0.5, 0.6) is 11.5 Å². The molecule has 7 nitrogen and oxygen atoms in total. The second kappa shape index (κ2) is 9.12. The van der Waals surface area contributed by atoms with Crippen molar-refractivity contribution in [3.05, 3.63) is 34.5 Å². The maximum atomic E-state index is 9.36. The van der Waals surface area contributed by atoms with Gasteiger partial charge in [0, 0.05) is 12.6 Å². The van der Waals surface area contributed by atoms with Crippen molar-refractivity contribution in [1.82, 2.24) is 9.97 Å². The van der Waals surface area contributed by atoms with Crippen LogP contribution >= 0.6 is 11.6 Å². The number of aliphatic hydroxyl groups excluding tert-OH is 1. The lowest BCUT2D eigenvalue weighted by molar-refractivity contribution is 0.229. The molecular formula is C20H25ClN4O3. The van der Waals surface area contributed by atoms with Crippen molar-refractivity contribution < 1.29 is 14.6 Å². The number of methoxy groups -OCH3 is 2. The average Bonchev–Trinajstić information content (AvgIpc) is 3.14. The molecule has 0 radical (unpaired) electrons. The molecule has 1 aliphatic carbocycles. The van der Waals surface area contributed by atoms with Crippen molar-refractivity contribution in [1.29, 1.82) is 0 Å². The highest BCUT2D eigenvalue weighted by Gasteiger charge is 2.25. The van der Waals surface area contributed by atoms with E-state index < -0.39 is 0 Å². The van der Waals surface area contributed by atoms with Gasteiger partial charge in [-0.15, -0.1) is 0 Å². The van der Waals surface area contributed by atoms with Gasteiger partial charge in [-0.2, -0.15) is 4.98 Å². The summed E-state index contributed by atoms with van der Waals surface area (Å²) in [6.45, 7) is 0.205. The molecule has 28 heavy (non-hydrogen) atoms. The first-order valence-corrected chi connectivity index (χ1v) is 9.52. The topological polar surface area (TPSA) is 103 Å². The lowest BCUT2D eigenvalue weighted by atomic mass is 10.1. The molecule has 1 fully saturated rings. The molecule has 1 aromatic carbocycles. The van der Waals surface area contributed by atoms with Crippen molar-refractivity contribution in [2.45, 2.75) is 25.3 Å². The number of aliphatic hydroxyl groups is 1. The number of nitrogen functional groups attached to an aromatic ring is 1. The van der Waals surface area contributed by atoms with Crippen LogP contribution in [-0.2, 0) is 0 Å². The summed E-state index contributed by atoms with van der Waals surface area (Å²) in [5.74, 6) is 2.34. The number of nitrogens with two attached hydrogens (primary N) is 1. The van der Waals surface area contributed by atoms with E-state index in [0.717, 1.165) is 24.8 Å². The predicted molar refractivity (Wildman–Crippen MR) is 112 cm³/mol. The van der Waals surface area contributed by atoms with E-state index in [0.29, 0.717) is 28.8 Å². The standard InChI is InChI=1S/C20H25ClN4O3/c1-27-16-8-5-12(10-17(16)28-2)4-7-15-18(21)24-20(22)25-19(15)23-14-6-3-13(9-14)11-26/h4-5,7-8,10,13-14,26H,3,6,9,11H2,1-2H3,(H3,22,23,24,25)/b7-4+/t13-,14+/m1/s1. The third-order valence-electron chi connectivity index (χ3n) is 4.91. The van der Waals surface area contributed by atoms with E-state index in [9.17, 15) is 5.11 Å². The van der Waals surface area contributed by atoms with Gasteiger partial charge in [-0.1, -0.05) is 23.7 Å². The third kappa shape index (κ3) is 4.66. The summed E-state index contributed by atoms with van der Waals surface area (Å²) < 4.78 is 10.6. The number of ether oxygens (including phenoxy) is 2. The molecule has 4 N–H and O–H groups in total. The summed E-state index contributed by atoms with van der Waals surface area (Å²) in [5, 5.41) is 13.0. The number of halogens is 1. The summed E-state index contributed by atoms with van der Waals surface area (Å²) in [6.07, 6.45) is 6.59. The Kier molecular flexibility index (Phi) is 6.59. The van der Waals surface area contributed by atoms with Gasteiger partial charge in [0.2, 0.25) is 5.95 Å². The van der Waals surface area contributed by atoms with Gasteiger partial charge in [0.15, 0.2) is 11.5 Å². The maximum absolute atomic E-state index is 9.36. The molecule has 150 valence electrons. The average molecular weight is 405 g/mol. The molecule has 0 bridgehead atoms. The summed E-state index contributed by atoms with van der Waals surface area (Å²) in [7, 11) is 3.19. The molecule has 1 saturated carbocycles. The number of benzene rings is 1. The van der Waals surface area contributed by atoms with Crippen LogP contribution in [0.15, 0.2) is 18.2 Å². The van der Waals surface area contributed by atoms with E-state index in [1.807, 2.05) is 30.4 Å². The molecule has 3 rings (SSSR count). The molecular weight excluding hydrogens is 380 g/mol. The van der Waals surface area contributed by atoms with Crippen molar-refractivity contribution >= 4 is 35.5 Å². The highest BCUT2D eigenvalue weighted by Crippen LogP contribution is 2.32. The minimum Gasteiger partial charge on any atom is -0.493 e. The minimum absolute atomic E-state index is 0.118. The number of hydrogen-bond donors (Lipinski definition) is 3. The molecule has 1 aromatic heterocycles. The van der Waals surface area contributed by atoms with Crippen molar-refractivity contribution in [3.8, 4) is 11.5 Å². The Labute approximate surface area is 169 Å². The van der Waals surface area contributed by atoms with Crippen molar-refractivity contribution in [2.75, 3.05) is 31.9 Å². The van der Waals surface area contributed by atoms with E-state index in [2.05, 4.69) is 15.3 Å². The van der Waals surface area contributed by atoms with Gasteiger partial charge in [-0.05, 0) is 49.0 Å². The molecule has 1 aliphatic rings. The number of rotatable bonds is 7. The van der Waals surface area contributed by atoms with Crippen LogP contribution in [0, 0.1) is 5.92 Å². The number of anilines is 2. The van der Waals surface area contributed by atoms with Gasteiger partial charge in [0.05, 0.1) is 19.8 Å². The highest BCUT2D eigenvalue weighted by atomic mass is 35.5. The first-order chi connectivity index (χ1) is 13.5. The Morgan fingerprint density at radius 1 is 1.21 bits per heavy atom. The lowest BCUT2D eigenvalue weighted by Gasteiger charge is -2.16. The Morgan fingerprint density at radius 3 is 2.68 bits per heavy atom. The Morgan fingerprint density at radius 2 is 2.00 bits per heavy atom. The van der Waals surface area contributed by atoms with Gasteiger partial charge in [-0.25, -0.2) is 4.98 Å². The van der Waals surface area contributed by atoms with Crippen LogP contribution in [0.1, 0.15) is 30.4 Å². The molecule has 0 spiro atoms. The van der Waals surface area contributed by atoms with E-state index in [1.165, 1.54) is 0 Å². The summed E-state index contributed by atoms with van der Waals surface area (Å²) in [4.78, 5) is 8.40. The van der Waals surface area contributed by atoms with E-state index in [-0.39, 0.29) is 23.8 Å². The normalized spacial score (nSPS) is 19.1. The van der Waals surface area contributed by atoms with Crippen molar-refractivity contribution in [3.63, 3.8) is 0 Å². The number of nitrogens with zero attached hydrogens (tertiary/aromatic N) is 2. The lowest BCUT2D eigenvalue weighted by Crippen LogP contribution is -2.18. The minimum atomic E-state index is 0.118. The van der Waals surface area contributed by atoms with Gasteiger partial charge in [0.1, 0.15) is 11.0 Å². The molecule has 2 aromatic rings. The van der Waals surface area contributed by atoms with Crippen LogP contribution in [0.3, 0.4) is 0 Å². The fourth-order valence-corrected chi connectivity index (χ4v) is 3.66. The van der Waals surface area contributed by atoms with E-state index >= 15 is 0 Å². The van der Waals surface area contributed by atoms with Gasteiger partial charge in [-0.3, -0.25) is 0 Å². The van der Waals surface area contributed by atoms with Crippen LogP contribution in [-0.4, -0.2) is 41.9 Å². The predicted octanol–water partition coefficient (Wildman–Crippen LogP) is 3.47. The first-order valence-electron chi connectivity index (χ1n) is 9.14. The van der Waals surface area contributed by atoms with Crippen LogP contribution in [0.2, 0.25) is 5.15 Å². The summed E-state index contributed by atoms with van der Waals surface area (Å²) in [5.41, 5.74) is 7.37. The zero-order valence-corrected chi connectivity index (χ0v) is 16.7. The Hall–Kier alpha value is -2.51. The first kappa shape index (κ1) is 20.2. The Balaban J connectivity index is 1.86. The monoisotopic (exact) mass is 404 g/mol. The second-order valence-electron chi connectivity index (χ2n) is 6.79. The smallest absolute Gasteiger partial charge is 0.223 e. The van der Waals surface area contributed by atoms with E-state index in [1.54, 1.807) is 14.2 Å². The molecule has 0 amide bonds. The molecule has 0 unspecified atom stereocenters. The van der Waals surface area contributed by atoms with Crippen LogP contribution in [0.4, 0.5) is 11.8 Å². The third-order valence-corrected chi connectivity index (χ3v) is 5.19. The fourth-order valence-electron chi connectivity index (χ4n) is 3.42. The summed E-state index contributed by atoms with van der Waals surface area (Å²) in [6, 6.07) is 5.85. The van der Waals surface area contributed by atoms with Crippen LogP contribution < -0.4 is 20.5 Å². The number of hydrogen-bond acceptors (Lipinski definition) is 7. The molecule has 2 atom stereocenters. The van der Waals surface area contributed by atoms with E-state index in [4.69, 9.17) is 26.8 Å². The maximum Gasteiger partial charge on any atom is 0.223 e. The second-order valence-corrected chi connectivity index (χ2v) is 7.14. The summed E-state index contributed by atoms with van der Waals surface area (Å²) >= 11 is 6.34. The zero-order chi connectivity index (χ0) is 20.1. The molecule has 0 saturated heterocycles. The molecule has 8 heteroatoms.